The van der Waals surface area contributed by atoms with E-state index in [1.807, 2.05) is 68.7 Å². The molecule has 2 amide bonds. The van der Waals surface area contributed by atoms with Gasteiger partial charge in [-0.1, -0.05) is 60.7 Å². The zero-order chi connectivity index (χ0) is 47.4. The molecule has 0 saturated carbocycles. The van der Waals surface area contributed by atoms with Crippen molar-refractivity contribution in [2.24, 2.45) is 0 Å². The van der Waals surface area contributed by atoms with Crippen LogP contribution in [0.1, 0.15) is 0 Å². The molecule has 0 aliphatic rings. The molecule has 9 rings (SSSR count). The standard InChI is InChI=1S/C59H54N8O2/c1-60-44-22-26-50(27-23-44)64(47-15-7-4-8-16-47)52-30-34-54(35-31-52)66(56-38-40-57(41-39-56)67(49-19-11-6-12-20-49)58-21-13-14-46(42-58)61-2)55-36-32-53(33-37-55)65(48-17-9-5-10-18-48)51-28-24-45(25-29-51)63-59(68)62-43-69-3/h4-42,60-61H,43H2,1-3H3,(H2,62,63,68). The number of hydrogen-bond acceptors (Lipinski definition) is 8. The summed E-state index contributed by atoms with van der Waals surface area (Å²) in [5, 5.41) is 12.1. The Hall–Kier alpha value is -8.99. The maximum Gasteiger partial charge on any atom is 0.321 e. The van der Waals surface area contributed by atoms with Gasteiger partial charge >= 0.3 is 6.03 Å². The summed E-state index contributed by atoms with van der Waals surface area (Å²) in [5.41, 5.74) is 14.9. The largest absolute Gasteiger partial charge is 0.388 e. The summed E-state index contributed by atoms with van der Waals surface area (Å²) in [6, 6.07) is 81.7. The first kappa shape index (κ1) is 45.2. The lowest BCUT2D eigenvalue weighted by atomic mass is 10.1. The second-order valence-electron chi connectivity index (χ2n) is 16.1. The van der Waals surface area contributed by atoms with Crippen LogP contribution >= 0.6 is 0 Å². The number of anilines is 15. The summed E-state index contributed by atoms with van der Waals surface area (Å²) in [6.45, 7) is 0.119. The molecule has 0 spiro atoms. The number of carbonyl (C=O) groups excluding carboxylic acids is 1. The van der Waals surface area contributed by atoms with Gasteiger partial charge in [0.1, 0.15) is 6.73 Å². The smallest absolute Gasteiger partial charge is 0.321 e. The molecule has 0 radical (unpaired) electrons. The van der Waals surface area contributed by atoms with Crippen LogP contribution in [0.4, 0.5) is 90.1 Å². The van der Waals surface area contributed by atoms with Crippen LogP contribution in [-0.4, -0.2) is 34.0 Å². The van der Waals surface area contributed by atoms with Crippen LogP contribution in [0.5, 0.6) is 0 Å². The van der Waals surface area contributed by atoms with Gasteiger partial charge in [0, 0.05) is 107 Å². The lowest BCUT2D eigenvalue weighted by molar-refractivity contribution is 0.177. The zero-order valence-electron chi connectivity index (χ0n) is 38.8. The van der Waals surface area contributed by atoms with Crippen LogP contribution < -0.4 is 40.9 Å². The molecule has 4 N–H and O–H groups in total. The predicted octanol–water partition coefficient (Wildman–Crippen LogP) is 15.4. The maximum atomic E-state index is 12.4. The molecule has 0 saturated heterocycles. The van der Waals surface area contributed by atoms with Crippen LogP contribution in [0, 0.1) is 0 Å². The Kier molecular flexibility index (Phi) is 14.1. The Morgan fingerprint density at radius 2 is 0.638 bits per heavy atom. The topological polar surface area (TPSA) is 87.4 Å². The number of amides is 2. The molecule has 0 atom stereocenters. The number of methoxy groups -OCH3 is 1. The molecule has 10 heteroatoms. The lowest BCUT2D eigenvalue weighted by Crippen LogP contribution is -2.30. The SMILES string of the molecule is CNc1ccc(N(c2ccccc2)c2ccc(N(c3ccc(N(c4ccccc4)c4ccc(NC(=O)NCOC)cc4)cc3)c3ccc(N(c4ccccc4)c4cccc(NC)c4)cc3)cc2)cc1. The molecular formula is C59H54N8O2. The van der Waals surface area contributed by atoms with Crippen LogP contribution in [0.25, 0.3) is 0 Å². The summed E-state index contributed by atoms with van der Waals surface area (Å²) in [5.74, 6) is 0. The third kappa shape index (κ3) is 10.5. The number of para-hydroxylation sites is 3. The molecule has 10 nitrogen and oxygen atoms in total. The van der Waals surface area contributed by atoms with Crippen molar-refractivity contribution >= 4 is 91.3 Å². The Labute approximate surface area is 404 Å². The average molecular weight is 907 g/mol. The fourth-order valence-corrected chi connectivity index (χ4v) is 8.36. The van der Waals surface area contributed by atoms with E-state index in [0.717, 1.165) is 79.6 Å². The van der Waals surface area contributed by atoms with E-state index in [1.54, 1.807) is 0 Å². The Morgan fingerprint density at radius 1 is 0.348 bits per heavy atom. The maximum absolute atomic E-state index is 12.4. The minimum absolute atomic E-state index is 0.119. The molecule has 0 heterocycles. The summed E-state index contributed by atoms with van der Waals surface area (Å²) >= 11 is 0. The normalized spacial score (nSPS) is 10.7. The molecule has 9 aromatic rings. The van der Waals surface area contributed by atoms with Gasteiger partial charge in [-0.05, 0) is 176 Å². The van der Waals surface area contributed by atoms with Crippen molar-refractivity contribution in [2.75, 3.05) is 63.5 Å². The monoisotopic (exact) mass is 906 g/mol. The Balaban J connectivity index is 1.11. The second kappa shape index (κ2) is 21.5. The highest BCUT2D eigenvalue weighted by molar-refractivity contribution is 5.90. The summed E-state index contributed by atoms with van der Waals surface area (Å²) < 4.78 is 4.98. The number of urea groups is 1. The lowest BCUT2D eigenvalue weighted by Gasteiger charge is -2.30. The van der Waals surface area contributed by atoms with Gasteiger partial charge in [0.25, 0.3) is 0 Å². The highest BCUT2D eigenvalue weighted by atomic mass is 16.5. The van der Waals surface area contributed by atoms with Gasteiger partial charge < -0.3 is 45.6 Å². The van der Waals surface area contributed by atoms with Gasteiger partial charge in [-0.3, -0.25) is 0 Å². The van der Waals surface area contributed by atoms with Crippen LogP contribution in [-0.2, 0) is 4.74 Å². The number of benzene rings is 9. The highest BCUT2D eigenvalue weighted by Crippen LogP contribution is 2.43. The first-order valence-corrected chi connectivity index (χ1v) is 22.8. The van der Waals surface area contributed by atoms with E-state index in [-0.39, 0.29) is 12.8 Å². The van der Waals surface area contributed by atoms with E-state index < -0.39 is 0 Å². The van der Waals surface area contributed by atoms with Crippen molar-refractivity contribution in [1.82, 2.24) is 5.32 Å². The van der Waals surface area contributed by atoms with E-state index in [9.17, 15) is 4.79 Å². The molecule has 0 aliphatic carbocycles. The Bertz CT molecular complexity index is 3030. The van der Waals surface area contributed by atoms with Gasteiger partial charge in [-0.15, -0.1) is 0 Å². The molecule has 9 aromatic carbocycles. The molecule has 0 aromatic heterocycles. The van der Waals surface area contributed by atoms with Crippen molar-refractivity contribution in [3.8, 4) is 0 Å². The molecule has 0 aliphatic heterocycles. The summed E-state index contributed by atoms with van der Waals surface area (Å²) in [4.78, 5) is 21.4. The van der Waals surface area contributed by atoms with Crippen molar-refractivity contribution in [3.63, 3.8) is 0 Å². The molecular weight excluding hydrogens is 853 g/mol. The summed E-state index contributed by atoms with van der Waals surface area (Å²) in [7, 11) is 5.41. The van der Waals surface area contributed by atoms with E-state index in [1.165, 1.54) is 7.11 Å². The predicted molar refractivity (Wildman–Crippen MR) is 288 cm³/mol. The van der Waals surface area contributed by atoms with E-state index in [0.29, 0.717) is 5.69 Å². The first-order chi connectivity index (χ1) is 34.0. The number of carbonyl (C=O) groups is 1. The van der Waals surface area contributed by atoms with E-state index in [4.69, 9.17) is 4.74 Å². The quantitative estimate of drug-likeness (QED) is 0.0672. The number of ether oxygens (including phenoxy) is 1. The van der Waals surface area contributed by atoms with Gasteiger partial charge in [0.15, 0.2) is 0 Å². The highest BCUT2D eigenvalue weighted by Gasteiger charge is 2.20. The second-order valence-corrected chi connectivity index (χ2v) is 16.1. The van der Waals surface area contributed by atoms with Gasteiger partial charge in [-0.25, -0.2) is 4.79 Å². The van der Waals surface area contributed by atoms with E-state index >= 15 is 0 Å². The van der Waals surface area contributed by atoms with E-state index in [2.05, 4.69) is 223 Å². The number of hydrogen-bond donors (Lipinski definition) is 4. The third-order valence-corrected chi connectivity index (χ3v) is 11.7. The van der Waals surface area contributed by atoms with Crippen LogP contribution in [0.15, 0.2) is 237 Å². The number of rotatable bonds is 17. The van der Waals surface area contributed by atoms with Gasteiger partial charge in [-0.2, -0.15) is 0 Å². The van der Waals surface area contributed by atoms with Crippen molar-refractivity contribution in [1.29, 1.82) is 0 Å². The van der Waals surface area contributed by atoms with Gasteiger partial charge in [0.05, 0.1) is 0 Å². The van der Waals surface area contributed by atoms with Crippen LogP contribution in [0.2, 0.25) is 0 Å². The minimum Gasteiger partial charge on any atom is -0.388 e. The van der Waals surface area contributed by atoms with Crippen molar-refractivity contribution < 1.29 is 9.53 Å². The fourth-order valence-electron chi connectivity index (χ4n) is 8.36. The Morgan fingerprint density at radius 3 is 0.971 bits per heavy atom. The zero-order valence-corrected chi connectivity index (χ0v) is 38.8. The van der Waals surface area contributed by atoms with Crippen LogP contribution in [0.3, 0.4) is 0 Å². The fraction of sp³-hybridized carbons (Fsp3) is 0.0678. The van der Waals surface area contributed by atoms with Gasteiger partial charge in [0.2, 0.25) is 0 Å². The summed E-state index contributed by atoms with van der Waals surface area (Å²) in [6.07, 6.45) is 0. The first-order valence-electron chi connectivity index (χ1n) is 22.8. The molecule has 0 unspecified atom stereocenters. The van der Waals surface area contributed by atoms with Crippen molar-refractivity contribution in [2.45, 2.75) is 0 Å². The third-order valence-electron chi connectivity index (χ3n) is 11.7. The number of nitrogens with zero attached hydrogens (tertiary/aromatic N) is 4. The number of nitrogens with one attached hydrogen (secondary N) is 4. The molecule has 0 bridgehead atoms. The minimum atomic E-state index is -0.338. The average Bonchev–Trinajstić information content (AvgIpc) is 3.41. The molecule has 0 fully saturated rings. The molecule has 69 heavy (non-hydrogen) atoms. The molecule has 342 valence electrons. The van der Waals surface area contributed by atoms with Crippen molar-refractivity contribution in [3.05, 3.63) is 237 Å².